The molecule has 1 heterocycles. The van der Waals surface area contributed by atoms with Crippen molar-refractivity contribution < 1.29 is 4.79 Å². The summed E-state index contributed by atoms with van der Waals surface area (Å²) in [5, 5.41) is 2.83. The maximum absolute atomic E-state index is 11.7. The number of nitrogens with one attached hydrogen (secondary N) is 1. The Morgan fingerprint density at radius 2 is 2.35 bits per heavy atom. The van der Waals surface area contributed by atoms with Crippen LogP contribution in [0.25, 0.3) is 0 Å². The lowest BCUT2D eigenvalue weighted by molar-refractivity contribution is -0.116. The molecule has 0 saturated carbocycles. The zero-order valence-electron chi connectivity index (χ0n) is 9.55. The lowest BCUT2D eigenvalue weighted by Crippen LogP contribution is -2.18. The molecule has 0 aliphatic rings. The second-order valence-electron chi connectivity index (χ2n) is 3.86. The van der Waals surface area contributed by atoms with Gasteiger partial charge in [-0.1, -0.05) is 0 Å². The lowest BCUT2D eigenvalue weighted by Gasteiger charge is -2.09. The summed E-state index contributed by atoms with van der Waals surface area (Å²) >= 11 is 0. The topological polar surface area (TPSA) is 72.9 Å². The molecule has 0 unspecified atom stereocenters. The van der Waals surface area contributed by atoms with Gasteiger partial charge in [0.1, 0.15) is 6.54 Å². The third-order valence-corrected chi connectivity index (χ3v) is 2.41. The quantitative estimate of drug-likeness (QED) is 0.783. The van der Waals surface area contributed by atoms with Gasteiger partial charge in [0.2, 0.25) is 5.91 Å². The van der Waals surface area contributed by atoms with E-state index < -0.39 is 0 Å². The Morgan fingerprint density at radius 1 is 1.53 bits per heavy atom. The van der Waals surface area contributed by atoms with Crippen molar-refractivity contribution in [3.8, 4) is 0 Å². The summed E-state index contributed by atoms with van der Waals surface area (Å²) in [6.07, 6.45) is 4.99. The molecule has 1 amide bonds. The van der Waals surface area contributed by atoms with E-state index in [0.29, 0.717) is 5.69 Å². The van der Waals surface area contributed by atoms with E-state index in [-0.39, 0.29) is 12.5 Å². The maximum atomic E-state index is 11.7. The van der Waals surface area contributed by atoms with Crippen molar-refractivity contribution in [1.29, 1.82) is 0 Å². The molecule has 2 aromatic rings. The van der Waals surface area contributed by atoms with Crippen LogP contribution in [0.1, 0.15) is 5.56 Å². The monoisotopic (exact) mass is 230 g/mol. The summed E-state index contributed by atoms with van der Waals surface area (Å²) in [5.41, 5.74) is 8.06. The van der Waals surface area contributed by atoms with E-state index in [1.165, 1.54) is 0 Å². The van der Waals surface area contributed by atoms with E-state index in [9.17, 15) is 4.79 Å². The van der Waals surface area contributed by atoms with Crippen molar-refractivity contribution in [3.05, 3.63) is 42.5 Å². The SMILES string of the molecule is Cc1cc(N)ccc1NC(=O)Cn1ccnc1. The van der Waals surface area contributed by atoms with Crippen molar-refractivity contribution in [2.75, 3.05) is 11.1 Å². The van der Waals surface area contributed by atoms with Gasteiger partial charge in [0.05, 0.1) is 6.33 Å². The summed E-state index contributed by atoms with van der Waals surface area (Å²) < 4.78 is 1.71. The van der Waals surface area contributed by atoms with E-state index in [1.807, 2.05) is 13.0 Å². The van der Waals surface area contributed by atoms with Crippen LogP contribution in [0.15, 0.2) is 36.9 Å². The number of aromatic nitrogens is 2. The number of aryl methyl sites for hydroxylation is 1. The summed E-state index contributed by atoms with van der Waals surface area (Å²) in [4.78, 5) is 15.6. The number of nitrogen functional groups attached to an aromatic ring is 1. The molecule has 0 aliphatic heterocycles. The molecule has 0 saturated heterocycles. The Morgan fingerprint density at radius 3 is 3.00 bits per heavy atom. The van der Waals surface area contributed by atoms with Gasteiger partial charge in [0, 0.05) is 23.8 Å². The molecular formula is C12H14N4O. The molecule has 5 heteroatoms. The van der Waals surface area contributed by atoms with Crippen molar-refractivity contribution in [2.24, 2.45) is 0 Å². The van der Waals surface area contributed by atoms with Crippen molar-refractivity contribution in [3.63, 3.8) is 0 Å². The van der Waals surface area contributed by atoms with Gasteiger partial charge in [-0.05, 0) is 30.7 Å². The molecular weight excluding hydrogens is 216 g/mol. The molecule has 88 valence electrons. The Bertz CT molecular complexity index is 519. The fraction of sp³-hybridized carbons (Fsp3) is 0.167. The van der Waals surface area contributed by atoms with E-state index in [2.05, 4.69) is 10.3 Å². The van der Waals surface area contributed by atoms with E-state index in [0.717, 1.165) is 11.3 Å². The van der Waals surface area contributed by atoms with Gasteiger partial charge in [0.25, 0.3) is 0 Å². The normalized spacial score (nSPS) is 10.2. The second-order valence-corrected chi connectivity index (χ2v) is 3.86. The molecule has 0 fully saturated rings. The highest BCUT2D eigenvalue weighted by Gasteiger charge is 2.05. The van der Waals surface area contributed by atoms with E-state index in [4.69, 9.17) is 5.73 Å². The molecule has 3 N–H and O–H groups in total. The smallest absolute Gasteiger partial charge is 0.244 e. The molecule has 1 aromatic heterocycles. The van der Waals surface area contributed by atoms with Gasteiger partial charge in [-0.3, -0.25) is 4.79 Å². The van der Waals surface area contributed by atoms with Gasteiger partial charge < -0.3 is 15.6 Å². The maximum Gasteiger partial charge on any atom is 0.244 e. The Kier molecular flexibility index (Phi) is 3.09. The highest BCUT2D eigenvalue weighted by Crippen LogP contribution is 2.17. The zero-order chi connectivity index (χ0) is 12.3. The number of imidazole rings is 1. The second kappa shape index (κ2) is 4.69. The number of hydrogen-bond donors (Lipinski definition) is 2. The first-order chi connectivity index (χ1) is 8.15. The van der Waals surface area contributed by atoms with Crippen LogP contribution >= 0.6 is 0 Å². The van der Waals surface area contributed by atoms with Crippen LogP contribution in [0, 0.1) is 6.92 Å². The molecule has 2 rings (SSSR count). The molecule has 1 aromatic carbocycles. The number of amides is 1. The molecule has 17 heavy (non-hydrogen) atoms. The number of benzene rings is 1. The Labute approximate surface area is 99.3 Å². The van der Waals surface area contributed by atoms with Crippen molar-refractivity contribution >= 4 is 17.3 Å². The number of anilines is 2. The minimum Gasteiger partial charge on any atom is -0.399 e. The highest BCUT2D eigenvalue weighted by atomic mass is 16.1. The fourth-order valence-corrected chi connectivity index (χ4v) is 1.56. The van der Waals surface area contributed by atoms with Crippen LogP contribution in [0.5, 0.6) is 0 Å². The molecule has 0 aliphatic carbocycles. The van der Waals surface area contributed by atoms with Crippen LogP contribution in [-0.4, -0.2) is 15.5 Å². The third-order valence-electron chi connectivity index (χ3n) is 2.41. The summed E-state index contributed by atoms with van der Waals surface area (Å²) in [6.45, 7) is 2.16. The Balaban J connectivity index is 2.03. The minimum atomic E-state index is -0.0872. The zero-order valence-corrected chi connectivity index (χ0v) is 9.55. The van der Waals surface area contributed by atoms with Crippen LogP contribution in [0.2, 0.25) is 0 Å². The number of rotatable bonds is 3. The molecule has 0 spiro atoms. The van der Waals surface area contributed by atoms with Gasteiger partial charge in [-0.2, -0.15) is 0 Å². The van der Waals surface area contributed by atoms with E-state index in [1.54, 1.807) is 35.4 Å². The number of nitrogens with zero attached hydrogens (tertiary/aromatic N) is 2. The van der Waals surface area contributed by atoms with Crippen LogP contribution in [0.3, 0.4) is 0 Å². The molecule has 0 atom stereocenters. The van der Waals surface area contributed by atoms with Crippen LogP contribution in [0.4, 0.5) is 11.4 Å². The largest absolute Gasteiger partial charge is 0.399 e. The van der Waals surface area contributed by atoms with E-state index >= 15 is 0 Å². The molecule has 5 nitrogen and oxygen atoms in total. The number of hydrogen-bond acceptors (Lipinski definition) is 3. The summed E-state index contributed by atoms with van der Waals surface area (Å²) in [7, 11) is 0. The van der Waals surface area contributed by atoms with Gasteiger partial charge in [-0.25, -0.2) is 4.98 Å². The van der Waals surface area contributed by atoms with Crippen LogP contribution in [-0.2, 0) is 11.3 Å². The molecule has 0 radical (unpaired) electrons. The number of nitrogens with two attached hydrogens (primary N) is 1. The average Bonchev–Trinajstić information content (AvgIpc) is 2.75. The van der Waals surface area contributed by atoms with Gasteiger partial charge >= 0.3 is 0 Å². The number of carbonyl (C=O) groups excluding carboxylic acids is 1. The number of carbonyl (C=O) groups is 1. The fourth-order valence-electron chi connectivity index (χ4n) is 1.56. The third kappa shape index (κ3) is 2.84. The van der Waals surface area contributed by atoms with Crippen molar-refractivity contribution in [1.82, 2.24) is 9.55 Å². The first-order valence-corrected chi connectivity index (χ1v) is 5.27. The first-order valence-electron chi connectivity index (χ1n) is 5.27. The lowest BCUT2D eigenvalue weighted by atomic mass is 10.2. The van der Waals surface area contributed by atoms with Crippen molar-refractivity contribution in [2.45, 2.75) is 13.5 Å². The first kappa shape index (κ1) is 11.2. The standard InChI is InChI=1S/C12H14N4O/c1-9-6-10(13)2-3-11(9)15-12(17)7-16-5-4-14-8-16/h2-6,8H,7,13H2,1H3,(H,15,17). The summed E-state index contributed by atoms with van der Waals surface area (Å²) in [5.74, 6) is -0.0872. The van der Waals surface area contributed by atoms with Crippen LogP contribution < -0.4 is 11.1 Å². The minimum absolute atomic E-state index is 0.0872. The van der Waals surface area contributed by atoms with Gasteiger partial charge in [-0.15, -0.1) is 0 Å². The molecule has 0 bridgehead atoms. The highest BCUT2D eigenvalue weighted by molar-refractivity contribution is 5.91. The predicted octanol–water partition coefficient (Wildman–Crippen LogP) is 1.41. The van der Waals surface area contributed by atoms with Gasteiger partial charge in [0.15, 0.2) is 0 Å². The Hall–Kier alpha value is -2.30. The predicted molar refractivity (Wildman–Crippen MR) is 66.4 cm³/mol. The summed E-state index contributed by atoms with van der Waals surface area (Å²) in [6, 6.07) is 5.39. The average molecular weight is 230 g/mol.